The minimum Gasteiger partial charge on any atom is -0.333 e. The third-order valence-electron chi connectivity index (χ3n) is 2.20. The first-order chi connectivity index (χ1) is 8.09. The van der Waals surface area contributed by atoms with Crippen molar-refractivity contribution in [3.8, 4) is 0 Å². The topological polar surface area (TPSA) is 94.9 Å². The van der Waals surface area contributed by atoms with Crippen LogP contribution in [0.5, 0.6) is 0 Å². The average molecular weight is 233 g/mol. The summed E-state index contributed by atoms with van der Waals surface area (Å²) in [5.74, 6) is 5.64. The fraction of sp³-hybridized carbons (Fsp3) is 0.100. The number of amides is 1. The van der Waals surface area contributed by atoms with E-state index in [0.29, 0.717) is 10.4 Å². The molecule has 88 valence electrons. The lowest BCUT2D eigenvalue weighted by atomic mass is 10.3. The molecule has 0 unspecified atom stereocenters. The number of carbonyl (C=O) groups is 1. The van der Waals surface area contributed by atoms with Crippen LogP contribution in [-0.2, 0) is 0 Å². The summed E-state index contributed by atoms with van der Waals surface area (Å²) >= 11 is 0. The summed E-state index contributed by atoms with van der Waals surface area (Å²) in [4.78, 5) is 23.2. The predicted octanol–water partition coefficient (Wildman–Crippen LogP) is 0.147. The maximum absolute atomic E-state index is 11.7. The van der Waals surface area contributed by atoms with Crippen LogP contribution >= 0.6 is 0 Å². The molecule has 0 aliphatic rings. The number of nitrogens with two attached hydrogens (primary N) is 1. The molecule has 1 aromatic carbocycles. The fourth-order valence-electron chi connectivity index (χ4n) is 1.31. The number of aromatic nitrogens is 3. The minimum absolute atomic E-state index is 0.262. The van der Waals surface area contributed by atoms with Gasteiger partial charge in [-0.1, -0.05) is 18.2 Å². The van der Waals surface area contributed by atoms with E-state index < -0.39 is 11.7 Å². The Hall–Kier alpha value is -2.57. The SMILES string of the molecule is Cc1nn(C(=O)Nc2ccccc2)c(=O)n1N. The number of anilines is 1. The van der Waals surface area contributed by atoms with Gasteiger partial charge in [-0.3, -0.25) is 0 Å². The number of aryl methyl sites for hydroxylation is 1. The van der Waals surface area contributed by atoms with E-state index in [9.17, 15) is 9.59 Å². The number of nitrogens with one attached hydrogen (secondary N) is 1. The average Bonchev–Trinajstić information content (AvgIpc) is 2.58. The number of nitrogens with zero attached hydrogens (tertiary/aromatic N) is 3. The van der Waals surface area contributed by atoms with Crippen molar-refractivity contribution < 1.29 is 4.79 Å². The van der Waals surface area contributed by atoms with Gasteiger partial charge in [-0.2, -0.15) is 4.68 Å². The van der Waals surface area contributed by atoms with Crippen molar-refractivity contribution in [1.29, 1.82) is 0 Å². The van der Waals surface area contributed by atoms with E-state index in [4.69, 9.17) is 5.84 Å². The largest absolute Gasteiger partial charge is 0.373 e. The molecule has 0 aliphatic carbocycles. The van der Waals surface area contributed by atoms with Crippen LogP contribution < -0.4 is 16.8 Å². The van der Waals surface area contributed by atoms with E-state index in [0.717, 1.165) is 4.68 Å². The Balaban J connectivity index is 2.27. The van der Waals surface area contributed by atoms with Crippen molar-refractivity contribution in [1.82, 2.24) is 14.5 Å². The highest BCUT2D eigenvalue weighted by Crippen LogP contribution is 2.04. The summed E-state index contributed by atoms with van der Waals surface area (Å²) in [6, 6.07) is 8.12. The lowest BCUT2D eigenvalue weighted by Gasteiger charge is -2.02. The maximum Gasteiger partial charge on any atom is 0.373 e. The Morgan fingerprint density at radius 1 is 1.35 bits per heavy atom. The van der Waals surface area contributed by atoms with Crippen LogP contribution in [0, 0.1) is 6.92 Å². The van der Waals surface area contributed by atoms with Crippen LogP contribution in [0.2, 0.25) is 0 Å². The molecule has 0 spiro atoms. The molecule has 0 saturated carbocycles. The number of carbonyl (C=O) groups excluding carboxylic acids is 1. The maximum atomic E-state index is 11.7. The second-order valence-corrected chi connectivity index (χ2v) is 3.41. The van der Waals surface area contributed by atoms with Crippen LogP contribution in [0.25, 0.3) is 0 Å². The highest BCUT2D eigenvalue weighted by molar-refractivity contribution is 5.90. The predicted molar refractivity (Wildman–Crippen MR) is 62.2 cm³/mol. The summed E-state index contributed by atoms with van der Waals surface area (Å²) < 4.78 is 1.49. The number of rotatable bonds is 1. The van der Waals surface area contributed by atoms with Gasteiger partial charge in [0.05, 0.1) is 0 Å². The fourth-order valence-corrected chi connectivity index (χ4v) is 1.31. The summed E-state index contributed by atoms with van der Waals surface area (Å²) in [5.41, 5.74) is -0.107. The van der Waals surface area contributed by atoms with Gasteiger partial charge in [0.1, 0.15) is 0 Å². The number of nitrogen functional groups attached to an aromatic ring is 1. The Kier molecular flexibility index (Phi) is 2.65. The zero-order valence-corrected chi connectivity index (χ0v) is 9.12. The Morgan fingerprint density at radius 2 is 2.00 bits per heavy atom. The summed E-state index contributed by atoms with van der Waals surface area (Å²) in [6.45, 7) is 1.54. The van der Waals surface area contributed by atoms with Gasteiger partial charge in [0.25, 0.3) is 0 Å². The van der Waals surface area contributed by atoms with Crippen molar-refractivity contribution in [2.75, 3.05) is 11.2 Å². The zero-order chi connectivity index (χ0) is 12.4. The molecule has 1 amide bonds. The quantitative estimate of drug-likeness (QED) is 0.685. The van der Waals surface area contributed by atoms with E-state index in [-0.39, 0.29) is 5.82 Å². The molecule has 7 heteroatoms. The molecular formula is C10H11N5O2. The first-order valence-corrected chi connectivity index (χ1v) is 4.90. The van der Waals surface area contributed by atoms with E-state index in [2.05, 4.69) is 10.4 Å². The van der Waals surface area contributed by atoms with Crippen molar-refractivity contribution >= 4 is 11.7 Å². The molecule has 0 radical (unpaired) electrons. The van der Waals surface area contributed by atoms with Crippen LogP contribution in [0.3, 0.4) is 0 Å². The van der Waals surface area contributed by atoms with Gasteiger partial charge >= 0.3 is 11.7 Å². The third-order valence-corrected chi connectivity index (χ3v) is 2.20. The van der Waals surface area contributed by atoms with Crippen molar-refractivity contribution in [3.63, 3.8) is 0 Å². The molecular weight excluding hydrogens is 222 g/mol. The van der Waals surface area contributed by atoms with Crippen LogP contribution in [0.1, 0.15) is 5.82 Å². The van der Waals surface area contributed by atoms with E-state index in [1.54, 1.807) is 24.3 Å². The highest BCUT2D eigenvalue weighted by Gasteiger charge is 2.14. The Labute approximate surface area is 96.4 Å². The van der Waals surface area contributed by atoms with Crippen LogP contribution in [-0.4, -0.2) is 20.5 Å². The van der Waals surface area contributed by atoms with Gasteiger partial charge in [0.2, 0.25) is 0 Å². The van der Waals surface area contributed by atoms with Gasteiger partial charge in [-0.15, -0.1) is 9.78 Å². The lowest BCUT2D eigenvalue weighted by Crippen LogP contribution is -2.35. The summed E-state index contributed by atoms with van der Waals surface area (Å²) in [5, 5.41) is 6.27. The van der Waals surface area contributed by atoms with Crippen LogP contribution in [0.15, 0.2) is 35.1 Å². The van der Waals surface area contributed by atoms with E-state index in [1.165, 1.54) is 6.92 Å². The minimum atomic E-state index is -0.684. The standard InChI is InChI=1S/C10H11N5O2/c1-7-13-15(10(17)14(7)11)9(16)12-8-5-3-2-4-6-8/h2-6H,11H2,1H3,(H,12,16). The van der Waals surface area contributed by atoms with Crippen molar-refractivity contribution in [2.24, 2.45) is 0 Å². The van der Waals surface area contributed by atoms with Gasteiger partial charge in [0, 0.05) is 5.69 Å². The number of benzene rings is 1. The van der Waals surface area contributed by atoms with Gasteiger partial charge < -0.3 is 11.2 Å². The number of hydrogen-bond acceptors (Lipinski definition) is 4. The first kappa shape index (κ1) is 10.9. The summed E-state index contributed by atoms with van der Waals surface area (Å²) in [7, 11) is 0. The normalized spacial score (nSPS) is 10.2. The first-order valence-electron chi connectivity index (χ1n) is 4.90. The van der Waals surface area contributed by atoms with Gasteiger partial charge in [0.15, 0.2) is 5.82 Å². The molecule has 0 saturated heterocycles. The Morgan fingerprint density at radius 3 is 2.53 bits per heavy atom. The van der Waals surface area contributed by atoms with Crippen LogP contribution in [0.4, 0.5) is 10.5 Å². The second-order valence-electron chi connectivity index (χ2n) is 3.41. The molecule has 7 nitrogen and oxygen atoms in total. The Bertz CT molecular complexity index is 599. The third kappa shape index (κ3) is 2.03. The molecule has 0 bridgehead atoms. The van der Waals surface area contributed by atoms with E-state index >= 15 is 0 Å². The number of para-hydroxylation sites is 1. The lowest BCUT2D eigenvalue weighted by molar-refractivity contribution is 0.250. The molecule has 2 aromatic rings. The molecule has 2 rings (SSSR count). The summed E-state index contributed by atoms with van der Waals surface area (Å²) in [6.07, 6.45) is 0. The molecule has 17 heavy (non-hydrogen) atoms. The molecule has 1 aromatic heterocycles. The van der Waals surface area contributed by atoms with E-state index in [1.807, 2.05) is 6.07 Å². The molecule has 0 atom stereocenters. The molecule has 3 N–H and O–H groups in total. The molecule has 0 aliphatic heterocycles. The molecule has 1 heterocycles. The van der Waals surface area contributed by atoms with Gasteiger partial charge in [-0.25, -0.2) is 9.59 Å². The van der Waals surface area contributed by atoms with Crippen molar-refractivity contribution in [3.05, 3.63) is 46.6 Å². The smallest absolute Gasteiger partial charge is 0.333 e. The van der Waals surface area contributed by atoms with Crippen molar-refractivity contribution in [2.45, 2.75) is 6.92 Å². The highest BCUT2D eigenvalue weighted by atomic mass is 16.2. The second kappa shape index (κ2) is 4.12. The number of hydrogen-bond donors (Lipinski definition) is 2. The molecule has 0 fully saturated rings. The van der Waals surface area contributed by atoms with Gasteiger partial charge in [-0.05, 0) is 19.1 Å². The zero-order valence-electron chi connectivity index (χ0n) is 9.12. The monoisotopic (exact) mass is 233 g/mol.